The van der Waals surface area contributed by atoms with E-state index in [1.807, 2.05) is 38.1 Å². The van der Waals surface area contributed by atoms with E-state index in [4.69, 9.17) is 5.11 Å². The number of carboxylic acid groups (broad SMARTS) is 1. The highest BCUT2D eigenvalue weighted by Crippen LogP contribution is 2.14. The Labute approximate surface area is 115 Å². The van der Waals surface area contributed by atoms with Crippen molar-refractivity contribution in [1.82, 2.24) is 10.5 Å². The van der Waals surface area contributed by atoms with Gasteiger partial charge < -0.3 is 14.9 Å². The van der Waals surface area contributed by atoms with Gasteiger partial charge in [-0.25, -0.2) is 4.79 Å². The smallest absolute Gasteiger partial charge is 0.374 e. The van der Waals surface area contributed by atoms with E-state index in [-0.39, 0.29) is 17.5 Å². The highest BCUT2D eigenvalue weighted by molar-refractivity contribution is 5.95. The lowest BCUT2D eigenvalue weighted by Crippen LogP contribution is -2.26. The number of carbonyl (C=O) groups excluding carboxylic acids is 1. The Morgan fingerprint density at radius 1 is 1.30 bits per heavy atom. The predicted octanol–water partition coefficient (Wildman–Crippen LogP) is 2.17. The number of benzene rings is 1. The van der Waals surface area contributed by atoms with Crippen molar-refractivity contribution in [1.29, 1.82) is 0 Å². The van der Waals surface area contributed by atoms with E-state index < -0.39 is 11.9 Å². The lowest BCUT2D eigenvalue weighted by Gasteiger charge is -2.13. The first kappa shape index (κ1) is 13.8. The number of nitrogens with one attached hydrogen (secondary N) is 1. The standard InChI is InChI=1S/C14H14N2O4/c1-8-3-5-10(6-4-8)9(2)15-13(17)11-7-12(14(18)19)20-16-11/h3-7,9H,1-2H3,(H,15,17)(H,18,19). The van der Waals surface area contributed by atoms with Gasteiger partial charge in [-0.2, -0.15) is 0 Å². The fraction of sp³-hybridized carbons (Fsp3) is 0.214. The van der Waals surface area contributed by atoms with Crippen LogP contribution < -0.4 is 5.32 Å². The van der Waals surface area contributed by atoms with Crippen LogP contribution in [-0.4, -0.2) is 22.1 Å². The first-order valence-corrected chi connectivity index (χ1v) is 6.05. The van der Waals surface area contributed by atoms with Crippen LogP contribution in [-0.2, 0) is 0 Å². The number of carboxylic acids is 1. The molecule has 0 saturated heterocycles. The maximum Gasteiger partial charge on any atom is 0.374 e. The molecule has 1 atom stereocenters. The second kappa shape index (κ2) is 5.56. The number of carbonyl (C=O) groups is 2. The predicted molar refractivity (Wildman–Crippen MR) is 70.5 cm³/mol. The first-order valence-electron chi connectivity index (χ1n) is 6.05. The van der Waals surface area contributed by atoms with Gasteiger partial charge in [-0.1, -0.05) is 35.0 Å². The number of aromatic carboxylic acids is 1. The number of amides is 1. The largest absolute Gasteiger partial charge is 0.475 e. The van der Waals surface area contributed by atoms with Gasteiger partial charge in [0, 0.05) is 6.07 Å². The number of hydrogen-bond acceptors (Lipinski definition) is 4. The van der Waals surface area contributed by atoms with Crippen LogP contribution in [0, 0.1) is 6.92 Å². The van der Waals surface area contributed by atoms with E-state index in [9.17, 15) is 9.59 Å². The van der Waals surface area contributed by atoms with E-state index in [2.05, 4.69) is 15.0 Å². The summed E-state index contributed by atoms with van der Waals surface area (Å²) in [4.78, 5) is 22.6. The molecule has 2 rings (SSSR count). The third-order valence-electron chi connectivity index (χ3n) is 2.88. The van der Waals surface area contributed by atoms with Crippen molar-refractivity contribution in [2.75, 3.05) is 0 Å². The molecule has 6 heteroatoms. The molecule has 0 fully saturated rings. The van der Waals surface area contributed by atoms with Gasteiger partial charge >= 0.3 is 5.97 Å². The molecule has 1 heterocycles. The zero-order valence-electron chi connectivity index (χ0n) is 11.1. The van der Waals surface area contributed by atoms with E-state index in [0.29, 0.717) is 0 Å². The number of aromatic nitrogens is 1. The molecule has 2 N–H and O–H groups in total. The number of rotatable bonds is 4. The van der Waals surface area contributed by atoms with Crippen molar-refractivity contribution in [2.45, 2.75) is 19.9 Å². The average Bonchev–Trinajstić information content (AvgIpc) is 2.89. The molecule has 2 aromatic rings. The molecule has 1 unspecified atom stereocenters. The summed E-state index contributed by atoms with van der Waals surface area (Å²) in [5.74, 6) is -2.10. The summed E-state index contributed by atoms with van der Waals surface area (Å²) in [5.41, 5.74) is 2.03. The minimum Gasteiger partial charge on any atom is -0.475 e. The second-order valence-electron chi connectivity index (χ2n) is 4.49. The number of aryl methyl sites for hydroxylation is 1. The van der Waals surface area contributed by atoms with Crippen LogP contribution in [0.1, 0.15) is 45.1 Å². The van der Waals surface area contributed by atoms with Crippen LogP contribution in [0.4, 0.5) is 0 Å². The Morgan fingerprint density at radius 3 is 2.50 bits per heavy atom. The van der Waals surface area contributed by atoms with Gasteiger partial charge in [0.15, 0.2) is 5.69 Å². The van der Waals surface area contributed by atoms with Gasteiger partial charge in [-0.3, -0.25) is 4.79 Å². The van der Waals surface area contributed by atoms with E-state index in [1.54, 1.807) is 0 Å². The molecule has 1 aromatic heterocycles. The molecule has 0 saturated carbocycles. The van der Waals surface area contributed by atoms with Gasteiger partial charge in [0.1, 0.15) is 0 Å². The summed E-state index contributed by atoms with van der Waals surface area (Å²) in [5, 5.41) is 14.9. The van der Waals surface area contributed by atoms with E-state index in [1.165, 1.54) is 0 Å². The van der Waals surface area contributed by atoms with Gasteiger partial charge in [-0.15, -0.1) is 0 Å². The lowest BCUT2D eigenvalue weighted by molar-refractivity contribution is 0.0651. The van der Waals surface area contributed by atoms with Crippen molar-refractivity contribution in [3.63, 3.8) is 0 Å². The molecule has 0 aliphatic rings. The SMILES string of the molecule is Cc1ccc(C(C)NC(=O)c2cc(C(=O)O)on2)cc1. The Hall–Kier alpha value is -2.63. The van der Waals surface area contributed by atoms with Crippen LogP contribution in [0.2, 0.25) is 0 Å². The Balaban J connectivity index is 2.06. The number of hydrogen-bond donors (Lipinski definition) is 2. The minimum absolute atomic E-state index is 0.0543. The Bertz CT molecular complexity index is 631. The molecule has 6 nitrogen and oxygen atoms in total. The zero-order chi connectivity index (χ0) is 14.7. The summed E-state index contributed by atoms with van der Waals surface area (Å²) < 4.78 is 4.54. The van der Waals surface area contributed by atoms with Crippen molar-refractivity contribution < 1.29 is 19.2 Å². The van der Waals surface area contributed by atoms with E-state index in [0.717, 1.165) is 17.2 Å². The highest BCUT2D eigenvalue weighted by Gasteiger charge is 2.18. The van der Waals surface area contributed by atoms with Crippen molar-refractivity contribution in [3.05, 3.63) is 52.9 Å². The lowest BCUT2D eigenvalue weighted by atomic mass is 10.1. The fourth-order valence-electron chi connectivity index (χ4n) is 1.69. The highest BCUT2D eigenvalue weighted by atomic mass is 16.5. The maximum atomic E-state index is 11.9. The normalized spacial score (nSPS) is 11.9. The molecule has 0 spiro atoms. The first-order chi connectivity index (χ1) is 9.47. The van der Waals surface area contributed by atoms with Crippen molar-refractivity contribution in [3.8, 4) is 0 Å². The van der Waals surface area contributed by atoms with Gasteiger partial charge in [-0.05, 0) is 19.4 Å². The summed E-state index contributed by atoms with van der Waals surface area (Å²) >= 11 is 0. The molecular formula is C14H14N2O4. The third kappa shape index (κ3) is 3.03. The molecule has 0 bridgehead atoms. The van der Waals surface area contributed by atoms with Crippen molar-refractivity contribution >= 4 is 11.9 Å². The molecule has 1 aromatic carbocycles. The van der Waals surface area contributed by atoms with Crippen LogP contribution in [0.25, 0.3) is 0 Å². The second-order valence-corrected chi connectivity index (χ2v) is 4.49. The Kier molecular flexibility index (Phi) is 3.84. The third-order valence-corrected chi connectivity index (χ3v) is 2.88. The quantitative estimate of drug-likeness (QED) is 0.891. The summed E-state index contributed by atoms with van der Waals surface area (Å²) in [7, 11) is 0. The minimum atomic E-state index is -1.26. The van der Waals surface area contributed by atoms with Crippen molar-refractivity contribution in [2.24, 2.45) is 0 Å². The number of nitrogens with zero attached hydrogens (tertiary/aromatic N) is 1. The molecular weight excluding hydrogens is 260 g/mol. The summed E-state index contributed by atoms with van der Waals surface area (Å²) in [6.07, 6.45) is 0. The van der Waals surface area contributed by atoms with E-state index >= 15 is 0 Å². The fourth-order valence-corrected chi connectivity index (χ4v) is 1.69. The zero-order valence-corrected chi connectivity index (χ0v) is 11.1. The molecule has 1 amide bonds. The molecule has 0 aliphatic carbocycles. The van der Waals surface area contributed by atoms with Gasteiger partial charge in [0.05, 0.1) is 6.04 Å². The maximum absolute atomic E-state index is 11.9. The molecule has 0 aliphatic heterocycles. The molecule has 104 valence electrons. The Morgan fingerprint density at radius 2 is 1.95 bits per heavy atom. The molecule has 20 heavy (non-hydrogen) atoms. The van der Waals surface area contributed by atoms with Crippen LogP contribution in [0.5, 0.6) is 0 Å². The topological polar surface area (TPSA) is 92.4 Å². The average molecular weight is 274 g/mol. The van der Waals surface area contributed by atoms with Gasteiger partial charge in [0.25, 0.3) is 5.91 Å². The van der Waals surface area contributed by atoms with Crippen LogP contribution in [0.15, 0.2) is 34.9 Å². The summed E-state index contributed by atoms with van der Waals surface area (Å²) in [6.45, 7) is 3.82. The van der Waals surface area contributed by atoms with Gasteiger partial charge in [0.2, 0.25) is 5.76 Å². The van der Waals surface area contributed by atoms with Crippen LogP contribution >= 0.6 is 0 Å². The summed E-state index contributed by atoms with van der Waals surface area (Å²) in [6, 6.07) is 8.64. The van der Waals surface area contributed by atoms with Crippen LogP contribution in [0.3, 0.4) is 0 Å². The monoisotopic (exact) mass is 274 g/mol. The molecule has 0 radical (unpaired) electrons.